The Labute approximate surface area is 104 Å². The second-order valence-electron chi connectivity index (χ2n) is 5.41. The average Bonchev–Trinajstić information content (AvgIpc) is 2.30. The van der Waals surface area contributed by atoms with Gasteiger partial charge in [0.05, 0.1) is 6.10 Å². The van der Waals surface area contributed by atoms with Gasteiger partial charge in [-0.2, -0.15) is 0 Å². The third-order valence-corrected chi connectivity index (χ3v) is 4.10. The molecule has 3 atom stereocenters. The number of phenolic OH excluding ortho intramolecular Hbond substituents is 1. The minimum absolute atomic E-state index is 0.307. The highest BCUT2D eigenvalue weighted by atomic mass is 16.5. The monoisotopic (exact) mass is 234 g/mol. The molecule has 1 aliphatic rings. The van der Waals surface area contributed by atoms with Crippen LogP contribution in [0.5, 0.6) is 11.5 Å². The molecule has 1 saturated carbocycles. The third kappa shape index (κ3) is 2.74. The lowest BCUT2D eigenvalue weighted by molar-refractivity contribution is 0.0997. The van der Waals surface area contributed by atoms with E-state index >= 15 is 0 Å². The van der Waals surface area contributed by atoms with Crippen molar-refractivity contribution in [3.63, 3.8) is 0 Å². The second kappa shape index (κ2) is 4.99. The minimum Gasteiger partial charge on any atom is -0.508 e. The van der Waals surface area contributed by atoms with E-state index < -0.39 is 0 Å². The molecule has 0 radical (unpaired) electrons. The standard InChI is InChI=1S/C15H22O2/c1-10-7-8-13(9-11(10)2)17-15-6-4-5-14(16)12(15)3/h4-6,10-11,13,16H,7-9H2,1-3H3. The molecule has 0 saturated heterocycles. The van der Waals surface area contributed by atoms with Crippen molar-refractivity contribution in [2.75, 3.05) is 0 Å². The van der Waals surface area contributed by atoms with Crippen molar-refractivity contribution in [3.8, 4) is 11.5 Å². The molecule has 94 valence electrons. The molecule has 2 rings (SSSR count). The van der Waals surface area contributed by atoms with Crippen LogP contribution in [-0.2, 0) is 0 Å². The van der Waals surface area contributed by atoms with Crippen molar-refractivity contribution in [1.82, 2.24) is 0 Å². The molecular formula is C15H22O2. The summed E-state index contributed by atoms with van der Waals surface area (Å²) in [5.41, 5.74) is 0.846. The molecule has 1 N–H and O–H groups in total. The van der Waals surface area contributed by atoms with E-state index in [1.807, 2.05) is 19.1 Å². The van der Waals surface area contributed by atoms with E-state index in [1.165, 1.54) is 6.42 Å². The van der Waals surface area contributed by atoms with Gasteiger partial charge >= 0.3 is 0 Å². The molecule has 17 heavy (non-hydrogen) atoms. The highest BCUT2D eigenvalue weighted by Crippen LogP contribution is 2.34. The molecule has 1 aromatic carbocycles. The smallest absolute Gasteiger partial charge is 0.126 e. The summed E-state index contributed by atoms with van der Waals surface area (Å²) in [5.74, 6) is 2.68. The Bertz CT molecular complexity index is 387. The summed E-state index contributed by atoms with van der Waals surface area (Å²) >= 11 is 0. The quantitative estimate of drug-likeness (QED) is 0.840. The Hall–Kier alpha value is -1.18. The zero-order chi connectivity index (χ0) is 12.4. The topological polar surface area (TPSA) is 29.5 Å². The molecule has 2 nitrogen and oxygen atoms in total. The Morgan fingerprint density at radius 1 is 1.18 bits per heavy atom. The van der Waals surface area contributed by atoms with Gasteiger partial charge in [-0.3, -0.25) is 0 Å². The van der Waals surface area contributed by atoms with Crippen LogP contribution in [-0.4, -0.2) is 11.2 Å². The van der Waals surface area contributed by atoms with E-state index in [0.717, 1.165) is 36.0 Å². The number of phenols is 1. The molecule has 0 aromatic heterocycles. The van der Waals surface area contributed by atoms with Crippen molar-refractivity contribution >= 4 is 0 Å². The number of rotatable bonds is 2. The van der Waals surface area contributed by atoms with Crippen molar-refractivity contribution in [2.24, 2.45) is 11.8 Å². The van der Waals surface area contributed by atoms with Crippen LogP contribution in [0.1, 0.15) is 38.7 Å². The van der Waals surface area contributed by atoms with Crippen LogP contribution in [0.4, 0.5) is 0 Å². The lowest BCUT2D eigenvalue weighted by Crippen LogP contribution is -2.28. The average molecular weight is 234 g/mol. The van der Waals surface area contributed by atoms with Gasteiger partial charge in [0.1, 0.15) is 11.5 Å². The SMILES string of the molecule is Cc1c(O)cccc1OC1CCC(C)C(C)C1. The number of benzene rings is 1. The molecule has 0 bridgehead atoms. The zero-order valence-corrected chi connectivity index (χ0v) is 10.9. The van der Waals surface area contributed by atoms with Crippen LogP contribution in [0.3, 0.4) is 0 Å². The first-order chi connectivity index (χ1) is 8.08. The fraction of sp³-hybridized carbons (Fsp3) is 0.600. The fourth-order valence-corrected chi connectivity index (χ4v) is 2.52. The maximum Gasteiger partial charge on any atom is 0.126 e. The normalized spacial score (nSPS) is 29.0. The van der Waals surface area contributed by atoms with Gasteiger partial charge in [-0.15, -0.1) is 0 Å². The van der Waals surface area contributed by atoms with Gasteiger partial charge in [0.25, 0.3) is 0 Å². The second-order valence-corrected chi connectivity index (χ2v) is 5.41. The van der Waals surface area contributed by atoms with Crippen LogP contribution in [0, 0.1) is 18.8 Å². The highest BCUT2D eigenvalue weighted by Gasteiger charge is 2.26. The Morgan fingerprint density at radius 3 is 2.65 bits per heavy atom. The van der Waals surface area contributed by atoms with Gasteiger partial charge in [-0.05, 0) is 50.2 Å². The maximum atomic E-state index is 9.64. The number of aromatic hydroxyl groups is 1. The van der Waals surface area contributed by atoms with E-state index in [2.05, 4.69) is 13.8 Å². The molecule has 1 fully saturated rings. The Kier molecular flexibility index (Phi) is 3.60. The van der Waals surface area contributed by atoms with Crippen LogP contribution < -0.4 is 4.74 Å². The Morgan fingerprint density at radius 2 is 1.94 bits per heavy atom. The third-order valence-electron chi connectivity index (χ3n) is 4.10. The summed E-state index contributed by atoms with van der Waals surface area (Å²) in [6.07, 6.45) is 3.79. The van der Waals surface area contributed by atoms with Crippen molar-refractivity contribution < 1.29 is 9.84 Å². The van der Waals surface area contributed by atoms with Gasteiger partial charge in [-0.25, -0.2) is 0 Å². The number of hydrogen-bond acceptors (Lipinski definition) is 2. The van der Waals surface area contributed by atoms with Crippen LogP contribution >= 0.6 is 0 Å². The first-order valence-corrected chi connectivity index (χ1v) is 6.53. The van der Waals surface area contributed by atoms with E-state index in [-0.39, 0.29) is 0 Å². The van der Waals surface area contributed by atoms with Gasteiger partial charge in [0.2, 0.25) is 0 Å². The summed E-state index contributed by atoms with van der Waals surface area (Å²) in [6.45, 7) is 6.52. The van der Waals surface area contributed by atoms with Gasteiger partial charge in [0, 0.05) is 5.56 Å². The van der Waals surface area contributed by atoms with Gasteiger partial charge in [0.15, 0.2) is 0 Å². The first kappa shape index (κ1) is 12.3. The number of ether oxygens (including phenoxy) is 1. The molecule has 1 aromatic rings. The molecule has 1 aliphatic carbocycles. The fourth-order valence-electron chi connectivity index (χ4n) is 2.52. The van der Waals surface area contributed by atoms with Crippen LogP contribution in [0.2, 0.25) is 0 Å². The molecule has 3 unspecified atom stereocenters. The van der Waals surface area contributed by atoms with Crippen molar-refractivity contribution in [2.45, 2.75) is 46.1 Å². The summed E-state index contributed by atoms with van der Waals surface area (Å²) < 4.78 is 6.03. The zero-order valence-electron chi connectivity index (χ0n) is 10.9. The van der Waals surface area contributed by atoms with E-state index in [1.54, 1.807) is 6.07 Å². The molecule has 0 amide bonds. The molecular weight excluding hydrogens is 212 g/mol. The lowest BCUT2D eigenvalue weighted by Gasteiger charge is -2.32. The van der Waals surface area contributed by atoms with Crippen LogP contribution in [0.15, 0.2) is 18.2 Å². The highest BCUT2D eigenvalue weighted by molar-refractivity contribution is 5.42. The van der Waals surface area contributed by atoms with Crippen LogP contribution in [0.25, 0.3) is 0 Å². The summed E-state index contributed by atoms with van der Waals surface area (Å²) in [6, 6.07) is 5.48. The predicted octanol–water partition coefficient (Wildman–Crippen LogP) is 3.90. The summed E-state index contributed by atoms with van der Waals surface area (Å²) in [5, 5.41) is 9.64. The Balaban J connectivity index is 2.04. The molecule has 2 heteroatoms. The van der Waals surface area contributed by atoms with Gasteiger partial charge < -0.3 is 9.84 Å². The van der Waals surface area contributed by atoms with Gasteiger partial charge in [-0.1, -0.05) is 19.9 Å². The van der Waals surface area contributed by atoms with Crippen molar-refractivity contribution in [1.29, 1.82) is 0 Å². The first-order valence-electron chi connectivity index (χ1n) is 6.53. The summed E-state index contributed by atoms with van der Waals surface area (Å²) in [7, 11) is 0. The van der Waals surface area contributed by atoms with E-state index in [9.17, 15) is 5.11 Å². The maximum absolute atomic E-state index is 9.64. The lowest BCUT2D eigenvalue weighted by atomic mass is 9.80. The predicted molar refractivity (Wildman–Crippen MR) is 69.4 cm³/mol. The summed E-state index contributed by atoms with van der Waals surface area (Å²) in [4.78, 5) is 0. The molecule has 0 heterocycles. The van der Waals surface area contributed by atoms with E-state index in [4.69, 9.17) is 4.74 Å². The molecule has 0 aliphatic heterocycles. The molecule has 0 spiro atoms. The number of hydrogen-bond donors (Lipinski definition) is 1. The van der Waals surface area contributed by atoms with Crippen molar-refractivity contribution in [3.05, 3.63) is 23.8 Å². The van der Waals surface area contributed by atoms with E-state index in [0.29, 0.717) is 11.9 Å². The minimum atomic E-state index is 0.307. The largest absolute Gasteiger partial charge is 0.508 e.